The van der Waals surface area contributed by atoms with Crippen LogP contribution in [0.4, 0.5) is 15.0 Å². The van der Waals surface area contributed by atoms with E-state index in [9.17, 15) is 4.79 Å². The summed E-state index contributed by atoms with van der Waals surface area (Å²) in [6.45, 7) is 10.7. The number of aryl methyl sites for hydroxylation is 1. The minimum Gasteiger partial charge on any atom is -0.444 e. The molecule has 3 aromatic heterocycles. The first-order chi connectivity index (χ1) is 17.5. The second kappa shape index (κ2) is 9.17. The van der Waals surface area contributed by atoms with E-state index in [1.165, 1.54) is 12.4 Å². The Bertz CT molecular complexity index is 1450. The van der Waals surface area contributed by atoms with Crippen molar-refractivity contribution in [1.82, 2.24) is 29.2 Å². The van der Waals surface area contributed by atoms with Gasteiger partial charge in [-0.25, -0.2) is 19.2 Å². The maximum absolute atomic E-state index is 15.1. The lowest BCUT2D eigenvalue weighted by molar-refractivity contribution is 0.0130. The molecule has 1 aliphatic rings. The van der Waals surface area contributed by atoms with Crippen molar-refractivity contribution in [2.45, 2.75) is 52.3 Å². The van der Waals surface area contributed by atoms with E-state index in [4.69, 9.17) is 9.72 Å². The highest BCUT2D eigenvalue weighted by molar-refractivity contribution is 6.02. The first-order valence-corrected chi connectivity index (χ1v) is 12.4. The molecule has 0 radical (unpaired) electrons. The number of hydrogen-bond donors (Lipinski definition) is 0. The fourth-order valence-electron chi connectivity index (χ4n) is 4.87. The Labute approximate surface area is 215 Å². The summed E-state index contributed by atoms with van der Waals surface area (Å²) in [5, 5.41) is 5.05. The fraction of sp³-hybridized carbons (Fsp3) is 0.407. The van der Waals surface area contributed by atoms with Crippen molar-refractivity contribution in [3.8, 4) is 16.8 Å². The molecule has 10 heteroatoms. The minimum atomic E-state index is -0.570. The van der Waals surface area contributed by atoms with E-state index in [0.29, 0.717) is 35.7 Å². The van der Waals surface area contributed by atoms with Gasteiger partial charge in [0.15, 0.2) is 5.65 Å². The summed E-state index contributed by atoms with van der Waals surface area (Å²) in [5.41, 5.74) is 2.07. The van der Waals surface area contributed by atoms with Gasteiger partial charge in [-0.1, -0.05) is 18.2 Å². The molecule has 5 rings (SSSR count). The topological polar surface area (TPSA) is 81.3 Å². The first-order valence-electron chi connectivity index (χ1n) is 12.4. The number of halogens is 1. The Balaban J connectivity index is 1.62. The largest absolute Gasteiger partial charge is 0.444 e. The summed E-state index contributed by atoms with van der Waals surface area (Å²) < 4.78 is 24.3. The van der Waals surface area contributed by atoms with Crippen LogP contribution in [-0.4, -0.2) is 66.1 Å². The lowest BCUT2D eigenvalue weighted by Crippen LogP contribution is -2.59. The number of rotatable bonds is 3. The van der Waals surface area contributed by atoms with Gasteiger partial charge in [0.1, 0.15) is 23.6 Å². The molecular weight excluding hydrogens is 473 g/mol. The van der Waals surface area contributed by atoms with Gasteiger partial charge in [0.2, 0.25) is 0 Å². The molecule has 1 saturated heterocycles. The zero-order valence-electron chi connectivity index (χ0n) is 22.0. The number of aromatic nitrogens is 5. The lowest BCUT2D eigenvalue weighted by Gasteiger charge is -2.44. The summed E-state index contributed by atoms with van der Waals surface area (Å²) in [4.78, 5) is 26.1. The summed E-state index contributed by atoms with van der Waals surface area (Å²) in [6.07, 6.45) is 6.73. The van der Waals surface area contributed by atoms with Gasteiger partial charge in [-0.3, -0.25) is 9.25 Å². The number of nitrogens with zero attached hydrogens (tertiary/aromatic N) is 7. The Morgan fingerprint density at radius 3 is 2.49 bits per heavy atom. The van der Waals surface area contributed by atoms with Crippen LogP contribution in [0.5, 0.6) is 0 Å². The third-order valence-electron chi connectivity index (χ3n) is 6.58. The van der Waals surface area contributed by atoms with Crippen LogP contribution in [0, 0.1) is 5.82 Å². The van der Waals surface area contributed by atoms with Crippen LogP contribution >= 0.6 is 0 Å². The Hall–Kier alpha value is -3.95. The molecule has 0 saturated carbocycles. The van der Waals surface area contributed by atoms with E-state index < -0.39 is 5.60 Å². The summed E-state index contributed by atoms with van der Waals surface area (Å²) in [6, 6.07) is 6.54. The van der Waals surface area contributed by atoms with Crippen molar-refractivity contribution in [2.24, 2.45) is 7.05 Å². The summed E-state index contributed by atoms with van der Waals surface area (Å²) in [7, 11) is 1.85. The molecule has 0 spiro atoms. The van der Waals surface area contributed by atoms with Crippen molar-refractivity contribution >= 4 is 22.9 Å². The zero-order chi connectivity index (χ0) is 26.5. The van der Waals surface area contributed by atoms with E-state index >= 15 is 4.39 Å². The summed E-state index contributed by atoms with van der Waals surface area (Å²) >= 11 is 0. The highest BCUT2D eigenvalue weighted by Gasteiger charge is 2.36. The van der Waals surface area contributed by atoms with Crippen LogP contribution in [0.2, 0.25) is 0 Å². The van der Waals surface area contributed by atoms with Crippen LogP contribution in [-0.2, 0) is 11.8 Å². The number of carbonyl (C=O) groups is 1. The molecule has 0 N–H and O–H groups in total. The van der Waals surface area contributed by atoms with Gasteiger partial charge in [-0.2, -0.15) is 5.10 Å². The van der Waals surface area contributed by atoms with Crippen molar-refractivity contribution in [1.29, 1.82) is 0 Å². The standard InChI is InChI=1S/C27H32FN7O2/c1-17-13-34(26(36)37-27(3,4)5)18(2)12-33(17)24-23-21(20-9-7-8-10-22(20)28)15-35(25(23)30-16-29-24)19-11-31-32(6)14-19/h7-11,14-18H,12-13H2,1-6H3/t17-,18+/m0/s1. The third kappa shape index (κ3) is 4.63. The number of ether oxygens (including phenoxy) is 1. The van der Waals surface area contributed by atoms with Crippen LogP contribution in [0.1, 0.15) is 34.6 Å². The monoisotopic (exact) mass is 505 g/mol. The highest BCUT2D eigenvalue weighted by atomic mass is 19.1. The number of amides is 1. The zero-order valence-corrected chi connectivity index (χ0v) is 22.0. The molecule has 37 heavy (non-hydrogen) atoms. The van der Waals surface area contributed by atoms with Crippen molar-refractivity contribution < 1.29 is 13.9 Å². The molecule has 0 bridgehead atoms. The average Bonchev–Trinajstić information content (AvgIpc) is 3.43. The van der Waals surface area contributed by atoms with Crippen LogP contribution in [0.25, 0.3) is 27.8 Å². The van der Waals surface area contributed by atoms with Gasteiger partial charge in [-0.05, 0) is 40.7 Å². The van der Waals surface area contributed by atoms with Crippen LogP contribution in [0.3, 0.4) is 0 Å². The molecule has 1 aromatic carbocycles. The second-order valence-corrected chi connectivity index (χ2v) is 10.6. The molecule has 4 aromatic rings. The second-order valence-electron chi connectivity index (χ2n) is 10.6. The number of carbonyl (C=O) groups excluding carboxylic acids is 1. The number of hydrogen-bond acceptors (Lipinski definition) is 6. The van der Waals surface area contributed by atoms with Gasteiger partial charge < -0.3 is 14.5 Å². The fourth-order valence-corrected chi connectivity index (χ4v) is 4.87. The Morgan fingerprint density at radius 2 is 1.81 bits per heavy atom. The Morgan fingerprint density at radius 1 is 1.05 bits per heavy atom. The average molecular weight is 506 g/mol. The van der Waals surface area contributed by atoms with E-state index in [0.717, 1.165) is 11.1 Å². The van der Waals surface area contributed by atoms with E-state index in [2.05, 4.69) is 21.9 Å². The molecule has 0 aliphatic carbocycles. The molecule has 2 atom stereocenters. The molecular formula is C27H32FN7O2. The predicted octanol–water partition coefficient (Wildman–Crippen LogP) is 4.79. The Kier molecular flexibility index (Phi) is 6.13. The normalized spacial score (nSPS) is 18.5. The smallest absolute Gasteiger partial charge is 0.410 e. The predicted molar refractivity (Wildman–Crippen MR) is 140 cm³/mol. The molecule has 0 unspecified atom stereocenters. The van der Waals surface area contributed by atoms with E-state index in [1.54, 1.807) is 27.9 Å². The highest BCUT2D eigenvalue weighted by Crippen LogP contribution is 2.39. The maximum Gasteiger partial charge on any atom is 0.410 e. The molecule has 4 heterocycles. The van der Waals surface area contributed by atoms with Crippen molar-refractivity contribution in [3.63, 3.8) is 0 Å². The van der Waals surface area contributed by atoms with Gasteiger partial charge >= 0.3 is 6.09 Å². The molecule has 194 valence electrons. The van der Waals surface area contributed by atoms with Gasteiger partial charge in [0.25, 0.3) is 0 Å². The van der Waals surface area contributed by atoms with Crippen molar-refractivity contribution in [3.05, 3.63) is 55.0 Å². The number of piperazine rings is 1. The van der Waals surface area contributed by atoms with Gasteiger partial charge in [0, 0.05) is 55.7 Å². The summed E-state index contributed by atoms with van der Waals surface area (Å²) in [5.74, 6) is 0.382. The van der Waals surface area contributed by atoms with Gasteiger partial charge in [-0.15, -0.1) is 0 Å². The maximum atomic E-state index is 15.1. The lowest BCUT2D eigenvalue weighted by atomic mass is 10.0. The molecule has 1 fully saturated rings. The SMILES string of the molecule is C[C@@H]1CN(c2ncnc3c2c(-c2ccccc2F)cn3-c2cnn(C)c2)[C@@H](C)CN1C(=O)OC(C)(C)C. The van der Waals surface area contributed by atoms with Gasteiger partial charge in [0.05, 0.1) is 17.3 Å². The molecule has 1 aliphatic heterocycles. The van der Waals surface area contributed by atoms with Crippen LogP contribution < -0.4 is 4.90 Å². The number of anilines is 1. The quantitative estimate of drug-likeness (QED) is 0.398. The minimum absolute atomic E-state index is 0.0583. The van der Waals surface area contributed by atoms with E-state index in [1.807, 2.05) is 57.8 Å². The number of benzene rings is 1. The first kappa shape index (κ1) is 24.7. The van der Waals surface area contributed by atoms with E-state index in [-0.39, 0.29) is 24.0 Å². The van der Waals surface area contributed by atoms with Crippen molar-refractivity contribution in [2.75, 3.05) is 18.0 Å². The van der Waals surface area contributed by atoms with Crippen LogP contribution in [0.15, 0.2) is 49.2 Å². The molecule has 9 nitrogen and oxygen atoms in total. The third-order valence-corrected chi connectivity index (χ3v) is 6.58. The molecule has 1 amide bonds. The number of fused-ring (bicyclic) bond motifs is 1.